The molecular weight excluding hydrogens is 299 g/mol. The second-order valence-corrected chi connectivity index (χ2v) is 5.08. The molecule has 1 aliphatic heterocycles. The number of fused-ring (bicyclic) bond motifs is 1. The molecule has 5 nitrogen and oxygen atoms in total. The Labute approximate surface area is 126 Å². The van der Waals surface area contributed by atoms with Crippen molar-refractivity contribution in [3.05, 3.63) is 28.5 Å². The molecule has 1 aromatic rings. The molecule has 0 spiro atoms. The third-order valence-corrected chi connectivity index (χ3v) is 3.48. The first-order valence-corrected chi connectivity index (χ1v) is 6.96. The Morgan fingerprint density at radius 2 is 2.10 bits per heavy atom. The average molecular weight is 313 g/mol. The first kappa shape index (κ1) is 15.4. The van der Waals surface area contributed by atoms with Crippen molar-refractivity contribution in [3.63, 3.8) is 0 Å². The molecule has 0 radical (unpaired) electrons. The molecule has 0 saturated heterocycles. The summed E-state index contributed by atoms with van der Waals surface area (Å²) < 4.78 is 13.9. The Balaban J connectivity index is 2.23. The Hall–Kier alpha value is -1.95. The number of nitrogens with one attached hydrogen (secondary N) is 1. The minimum atomic E-state index is -0.942. The first-order chi connectivity index (χ1) is 9.97. The summed E-state index contributed by atoms with van der Waals surface area (Å²) in [7, 11) is 0. The molecule has 1 heterocycles. The van der Waals surface area contributed by atoms with Crippen LogP contribution >= 0.6 is 11.6 Å². The van der Waals surface area contributed by atoms with Crippen LogP contribution < -0.4 is 10.2 Å². The fourth-order valence-corrected chi connectivity index (χ4v) is 2.35. The maximum absolute atomic E-state index is 13.9. The smallest absolute Gasteiger partial charge is 0.300 e. The quantitative estimate of drug-likeness (QED) is 0.667. The highest BCUT2D eigenvalue weighted by atomic mass is 35.5. The van der Waals surface area contributed by atoms with Gasteiger partial charge in [0.05, 0.1) is 16.3 Å². The number of benzene rings is 1. The first-order valence-electron chi connectivity index (χ1n) is 6.58. The maximum atomic E-state index is 13.9. The topological polar surface area (TPSA) is 66.5 Å². The van der Waals surface area contributed by atoms with Crippen LogP contribution in [0.1, 0.15) is 30.1 Å². The third-order valence-electron chi connectivity index (χ3n) is 3.17. The van der Waals surface area contributed by atoms with Crippen molar-refractivity contribution in [2.24, 2.45) is 0 Å². The van der Waals surface area contributed by atoms with E-state index in [1.54, 1.807) is 0 Å². The predicted molar refractivity (Wildman–Crippen MR) is 76.0 cm³/mol. The lowest BCUT2D eigenvalue weighted by Gasteiger charge is -2.16. The molecule has 21 heavy (non-hydrogen) atoms. The normalized spacial score (nSPS) is 13.6. The van der Waals surface area contributed by atoms with Gasteiger partial charge in [-0.1, -0.05) is 24.9 Å². The van der Waals surface area contributed by atoms with Crippen LogP contribution in [0.3, 0.4) is 0 Å². The van der Waals surface area contributed by atoms with Crippen LogP contribution in [0.25, 0.3) is 0 Å². The van der Waals surface area contributed by atoms with E-state index in [0.29, 0.717) is 6.54 Å². The Kier molecular flexibility index (Phi) is 4.57. The fraction of sp³-hybridized carbons (Fsp3) is 0.357. The second-order valence-electron chi connectivity index (χ2n) is 4.68. The van der Waals surface area contributed by atoms with Crippen molar-refractivity contribution in [1.29, 1.82) is 0 Å². The summed E-state index contributed by atoms with van der Waals surface area (Å²) >= 11 is 5.84. The van der Waals surface area contributed by atoms with E-state index in [0.717, 1.165) is 23.8 Å². The van der Waals surface area contributed by atoms with Crippen LogP contribution in [-0.2, 0) is 9.59 Å². The lowest BCUT2D eigenvalue weighted by atomic mass is 10.1. The number of unbranched alkanes of at least 4 members (excludes halogenated alkanes) is 1. The Morgan fingerprint density at radius 3 is 2.76 bits per heavy atom. The summed E-state index contributed by atoms with van der Waals surface area (Å²) in [5.41, 5.74) is -0.397. The van der Waals surface area contributed by atoms with Gasteiger partial charge in [-0.3, -0.25) is 19.3 Å². The van der Waals surface area contributed by atoms with Gasteiger partial charge in [0.1, 0.15) is 12.4 Å². The van der Waals surface area contributed by atoms with Gasteiger partial charge in [-0.2, -0.15) is 0 Å². The molecular formula is C14H14ClFN2O3. The van der Waals surface area contributed by atoms with Crippen LogP contribution in [0.2, 0.25) is 5.02 Å². The highest BCUT2D eigenvalue weighted by molar-refractivity contribution is 6.55. The average Bonchev–Trinajstić information content (AvgIpc) is 2.69. The van der Waals surface area contributed by atoms with Gasteiger partial charge in [-0.05, 0) is 18.6 Å². The van der Waals surface area contributed by atoms with Gasteiger partial charge in [-0.25, -0.2) is 4.39 Å². The summed E-state index contributed by atoms with van der Waals surface area (Å²) in [4.78, 5) is 36.3. The van der Waals surface area contributed by atoms with Crippen molar-refractivity contribution >= 4 is 34.9 Å². The van der Waals surface area contributed by atoms with Gasteiger partial charge in [-0.15, -0.1) is 0 Å². The van der Waals surface area contributed by atoms with Crippen LogP contribution in [0.5, 0.6) is 0 Å². The molecule has 1 N–H and O–H groups in total. The molecule has 112 valence electrons. The Morgan fingerprint density at radius 1 is 1.38 bits per heavy atom. The van der Waals surface area contributed by atoms with E-state index in [1.165, 1.54) is 6.07 Å². The van der Waals surface area contributed by atoms with Crippen LogP contribution in [0.4, 0.5) is 10.1 Å². The summed E-state index contributed by atoms with van der Waals surface area (Å²) in [6.07, 6.45) is 1.71. The molecule has 0 atom stereocenters. The number of rotatable bonds is 5. The second kappa shape index (κ2) is 6.22. The maximum Gasteiger partial charge on any atom is 0.300 e. The standard InChI is InChI=1S/C14H14ClFN2O3/c1-2-3-6-17-10(19)7-18-12-9(16)5-4-8(15)11(12)13(20)14(18)21/h4-5H,2-3,6-7H2,1H3,(H,17,19). The van der Waals surface area contributed by atoms with Crippen molar-refractivity contribution in [2.75, 3.05) is 18.0 Å². The zero-order chi connectivity index (χ0) is 15.6. The molecule has 0 saturated carbocycles. The van der Waals surface area contributed by atoms with Gasteiger partial charge in [0.25, 0.3) is 11.7 Å². The third kappa shape index (κ3) is 2.90. The summed E-state index contributed by atoms with van der Waals surface area (Å²) in [6.45, 7) is 2.04. The molecule has 1 aliphatic rings. The molecule has 0 unspecified atom stereocenters. The van der Waals surface area contributed by atoms with Gasteiger partial charge in [0.2, 0.25) is 5.91 Å². The highest BCUT2D eigenvalue weighted by Gasteiger charge is 2.40. The lowest BCUT2D eigenvalue weighted by molar-refractivity contribution is -0.122. The van der Waals surface area contributed by atoms with Crippen molar-refractivity contribution < 1.29 is 18.8 Å². The van der Waals surface area contributed by atoms with Crippen LogP contribution in [0.15, 0.2) is 12.1 Å². The highest BCUT2D eigenvalue weighted by Crippen LogP contribution is 2.36. The lowest BCUT2D eigenvalue weighted by Crippen LogP contribution is -2.40. The van der Waals surface area contributed by atoms with E-state index in [9.17, 15) is 18.8 Å². The van der Waals surface area contributed by atoms with E-state index in [2.05, 4.69) is 5.32 Å². The van der Waals surface area contributed by atoms with Crippen molar-refractivity contribution in [1.82, 2.24) is 5.32 Å². The molecule has 1 aromatic carbocycles. The van der Waals surface area contributed by atoms with Crippen LogP contribution in [-0.4, -0.2) is 30.7 Å². The zero-order valence-electron chi connectivity index (χ0n) is 11.4. The Bertz CT molecular complexity index is 618. The largest absolute Gasteiger partial charge is 0.355 e. The number of hydrogen-bond acceptors (Lipinski definition) is 3. The SMILES string of the molecule is CCCCNC(=O)CN1C(=O)C(=O)c2c(Cl)ccc(F)c21. The summed E-state index contributed by atoms with van der Waals surface area (Å²) in [5, 5.41) is 2.61. The molecule has 0 aromatic heterocycles. The summed E-state index contributed by atoms with van der Waals surface area (Å²) in [5.74, 6) is -3.04. The predicted octanol–water partition coefficient (Wildman–Crippen LogP) is 1.92. The number of Topliss-reactive ketones (excluding diaryl/α,β-unsaturated/α-hetero) is 1. The number of carbonyl (C=O) groups is 3. The van der Waals surface area contributed by atoms with E-state index < -0.39 is 30.0 Å². The van der Waals surface area contributed by atoms with E-state index in [1.807, 2.05) is 6.92 Å². The van der Waals surface area contributed by atoms with Crippen molar-refractivity contribution in [2.45, 2.75) is 19.8 Å². The van der Waals surface area contributed by atoms with Crippen LogP contribution in [0, 0.1) is 5.82 Å². The van der Waals surface area contributed by atoms with Gasteiger partial charge in [0, 0.05) is 6.54 Å². The monoisotopic (exact) mass is 312 g/mol. The number of anilines is 1. The molecule has 7 heteroatoms. The number of halogens is 2. The molecule has 2 rings (SSSR count). The summed E-state index contributed by atoms with van der Waals surface area (Å²) in [6, 6.07) is 2.28. The number of carbonyl (C=O) groups excluding carboxylic acids is 3. The molecule has 0 bridgehead atoms. The fourth-order valence-electron chi connectivity index (χ4n) is 2.11. The molecule has 2 amide bonds. The van der Waals surface area contributed by atoms with E-state index in [-0.39, 0.29) is 16.3 Å². The van der Waals surface area contributed by atoms with Gasteiger partial charge < -0.3 is 5.32 Å². The minimum Gasteiger partial charge on any atom is -0.355 e. The minimum absolute atomic E-state index is 0.00126. The number of ketones is 1. The molecule has 0 aliphatic carbocycles. The number of nitrogens with zero attached hydrogens (tertiary/aromatic N) is 1. The van der Waals surface area contributed by atoms with E-state index >= 15 is 0 Å². The number of amides is 2. The van der Waals surface area contributed by atoms with E-state index in [4.69, 9.17) is 11.6 Å². The van der Waals surface area contributed by atoms with Gasteiger partial charge in [0.15, 0.2) is 0 Å². The van der Waals surface area contributed by atoms with Gasteiger partial charge >= 0.3 is 0 Å². The van der Waals surface area contributed by atoms with Crippen molar-refractivity contribution in [3.8, 4) is 0 Å². The molecule has 0 fully saturated rings. The number of hydrogen-bond donors (Lipinski definition) is 1. The zero-order valence-corrected chi connectivity index (χ0v) is 12.2.